The van der Waals surface area contributed by atoms with Crippen molar-refractivity contribution < 1.29 is 32.2 Å². The summed E-state index contributed by atoms with van der Waals surface area (Å²) >= 11 is 0. The summed E-state index contributed by atoms with van der Waals surface area (Å²) in [4.78, 5) is 12.9. The molecule has 0 amide bonds. The molecule has 1 heterocycles. The number of sulfonamides is 1. The molecule has 1 aliphatic rings. The van der Waals surface area contributed by atoms with Gasteiger partial charge in [-0.1, -0.05) is 42.5 Å². The molecular weight excluding hydrogens is 470 g/mol. The second-order valence-corrected chi connectivity index (χ2v) is 9.68. The van der Waals surface area contributed by atoms with Crippen LogP contribution in [0.1, 0.15) is 15.9 Å². The third kappa shape index (κ3) is 6.60. The van der Waals surface area contributed by atoms with Crippen LogP contribution in [-0.2, 0) is 26.1 Å². The summed E-state index contributed by atoms with van der Waals surface area (Å²) in [7, 11) is -3.63. The van der Waals surface area contributed by atoms with Crippen molar-refractivity contribution in [1.82, 2.24) is 4.31 Å². The van der Waals surface area contributed by atoms with Gasteiger partial charge in [-0.3, -0.25) is 0 Å². The SMILES string of the molecule is O=C(OCc1cccc(S(=O)(=O)N2CCOCC2)c1)c1ccccc1OCCOc1ccccc1. The maximum absolute atomic E-state index is 12.9. The van der Waals surface area contributed by atoms with Crippen molar-refractivity contribution in [3.63, 3.8) is 0 Å². The largest absolute Gasteiger partial charge is 0.490 e. The van der Waals surface area contributed by atoms with E-state index >= 15 is 0 Å². The molecule has 0 atom stereocenters. The lowest BCUT2D eigenvalue weighted by Gasteiger charge is -2.26. The molecule has 3 aromatic carbocycles. The molecule has 1 saturated heterocycles. The Morgan fingerprint density at radius 1 is 0.857 bits per heavy atom. The molecule has 9 heteroatoms. The highest BCUT2D eigenvalue weighted by molar-refractivity contribution is 7.89. The molecule has 0 aliphatic carbocycles. The predicted molar refractivity (Wildman–Crippen MR) is 129 cm³/mol. The fraction of sp³-hybridized carbons (Fsp3) is 0.269. The minimum atomic E-state index is -3.63. The van der Waals surface area contributed by atoms with Crippen LogP contribution in [0.2, 0.25) is 0 Å². The van der Waals surface area contributed by atoms with Crippen LogP contribution in [0.4, 0.5) is 0 Å². The van der Waals surface area contributed by atoms with Crippen LogP contribution in [0.25, 0.3) is 0 Å². The normalized spacial score (nSPS) is 14.3. The Bertz CT molecular complexity index is 1230. The maximum atomic E-state index is 12.9. The molecule has 0 N–H and O–H groups in total. The summed E-state index contributed by atoms with van der Waals surface area (Å²) in [5.74, 6) is 0.561. The summed E-state index contributed by atoms with van der Waals surface area (Å²) in [6.45, 7) is 1.87. The molecule has 3 aromatic rings. The van der Waals surface area contributed by atoms with Crippen molar-refractivity contribution in [2.75, 3.05) is 39.5 Å². The van der Waals surface area contributed by atoms with E-state index in [-0.39, 0.29) is 23.7 Å². The van der Waals surface area contributed by atoms with Crippen molar-refractivity contribution >= 4 is 16.0 Å². The summed E-state index contributed by atoms with van der Waals surface area (Å²) < 4.78 is 49.3. The highest BCUT2D eigenvalue weighted by Crippen LogP contribution is 2.22. The van der Waals surface area contributed by atoms with Crippen molar-refractivity contribution in [2.24, 2.45) is 0 Å². The summed E-state index contributed by atoms with van der Waals surface area (Å²) in [5, 5.41) is 0. The van der Waals surface area contributed by atoms with Crippen LogP contribution >= 0.6 is 0 Å². The van der Waals surface area contributed by atoms with E-state index in [9.17, 15) is 13.2 Å². The highest BCUT2D eigenvalue weighted by atomic mass is 32.2. The first-order chi connectivity index (χ1) is 17.0. The molecule has 0 unspecified atom stereocenters. The molecule has 1 aliphatic heterocycles. The number of ether oxygens (including phenoxy) is 4. The number of para-hydroxylation sites is 2. The minimum absolute atomic E-state index is 0.0727. The average molecular weight is 498 g/mol. The number of morpholine rings is 1. The molecule has 0 saturated carbocycles. The quantitative estimate of drug-likeness (QED) is 0.313. The second kappa shape index (κ2) is 11.8. The van der Waals surface area contributed by atoms with Gasteiger partial charge in [-0.05, 0) is 42.0 Å². The van der Waals surface area contributed by atoms with E-state index < -0.39 is 16.0 Å². The fourth-order valence-corrected chi connectivity index (χ4v) is 5.03. The van der Waals surface area contributed by atoms with E-state index in [1.165, 1.54) is 16.4 Å². The first kappa shape index (κ1) is 24.7. The molecule has 0 aromatic heterocycles. The Kier molecular flexibility index (Phi) is 8.36. The van der Waals surface area contributed by atoms with Crippen LogP contribution in [0.5, 0.6) is 11.5 Å². The van der Waals surface area contributed by atoms with Gasteiger partial charge < -0.3 is 18.9 Å². The summed E-state index contributed by atoms with van der Waals surface area (Å²) in [6, 6.07) is 22.6. The van der Waals surface area contributed by atoms with Gasteiger partial charge in [0.05, 0.1) is 18.1 Å². The average Bonchev–Trinajstić information content (AvgIpc) is 2.91. The van der Waals surface area contributed by atoms with Crippen LogP contribution < -0.4 is 9.47 Å². The number of hydrogen-bond donors (Lipinski definition) is 0. The smallest absolute Gasteiger partial charge is 0.342 e. The predicted octanol–water partition coefficient (Wildman–Crippen LogP) is 3.52. The van der Waals surface area contributed by atoms with Crippen LogP contribution in [0.3, 0.4) is 0 Å². The first-order valence-corrected chi connectivity index (χ1v) is 12.7. The number of nitrogens with zero attached hydrogens (tertiary/aromatic N) is 1. The monoisotopic (exact) mass is 497 g/mol. The van der Waals surface area contributed by atoms with Crippen LogP contribution in [0, 0.1) is 0 Å². The lowest BCUT2D eigenvalue weighted by atomic mass is 10.2. The number of benzene rings is 3. The first-order valence-electron chi connectivity index (χ1n) is 11.3. The minimum Gasteiger partial charge on any atom is -0.490 e. The van der Waals surface area contributed by atoms with Gasteiger partial charge in [0.25, 0.3) is 0 Å². The second-order valence-electron chi connectivity index (χ2n) is 7.75. The third-order valence-electron chi connectivity index (χ3n) is 5.34. The molecule has 8 nitrogen and oxygen atoms in total. The van der Waals surface area contributed by atoms with E-state index in [2.05, 4.69) is 0 Å². The highest BCUT2D eigenvalue weighted by Gasteiger charge is 2.26. The van der Waals surface area contributed by atoms with Gasteiger partial charge in [0, 0.05) is 13.1 Å². The van der Waals surface area contributed by atoms with E-state index in [1.807, 2.05) is 30.3 Å². The lowest BCUT2D eigenvalue weighted by molar-refractivity contribution is 0.0467. The zero-order valence-electron chi connectivity index (χ0n) is 19.2. The van der Waals surface area contributed by atoms with Gasteiger partial charge >= 0.3 is 5.97 Å². The Morgan fingerprint density at radius 3 is 2.37 bits per heavy atom. The van der Waals surface area contributed by atoms with E-state index in [0.29, 0.717) is 44.2 Å². The number of carbonyl (C=O) groups is 1. The van der Waals surface area contributed by atoms with E-state index in [4.69, 9.17) is 18.9 Å². The molecule has 0 spiro atoms. The number of hydrogen-bond acceptors (Lipinski definition) is 7. The summed E-state index contributed by atoms with van der Waals surface area (Å²) in [6.07, 6.45) is 0. The Balaban J connectivity index is 1.34. The fourth-order valence-electron chi connectivity index (χ4n) is 3.55. The van der Waals surface area contributed by atoms with Gasteiger partial charge in [0.2, 0.25) is 10.0 Å². The van der Waals surface area contributed by atoms with Crippen molar-refractivity contribution in [3.8, 4) is 11.5 Å². The third-order valence-corrected chi connectivity index (χ3v) is 7.23. The molecule has 184 valence electrons. The Morgan fingerprint density at radius 2 is 1.57 bits per heavy atom. The zero-order chi connectivity index (χ0) is 24.5. The van der Waals surface area contributed by atoms with E-state index in [1.54, 1.807) is 36.4 Å². The van der Waals surface area contributed by atoms with Gasteiger partial charge in [0.15, 0.2) is 0 Å². The molecule has 0 bridgehead atoms. The van der Waals surface area contributed by atoms with Crippen molar-refractivity contribution in [2.45, 2.75) is 11.5 Å². The van der Waals surface area contributed by atoms with E-state index in [0.717, 1.165) is 5.75 Å². The van der Waals surface area contributed by atoms with Crippen molar-refractivity contribution in [3.05, 3.63) is 90.0 Å². The van der Waals surface area contributed by atoms with Gasteiger partial charge in [-0.2, -0.15) is 4.31 Å². The number of esters is 1. The molecule has 0 radical (unpaired) electrons. The topological polar surface area (TPSA) is 91.4 Å². The van der Waals surface area contributed by atoms with Gasteiger partial charge in [0.1, 0.15) is 36.9 Å². The van der Waals surface area contributed by atoms with Crippen molar-refractivity contribution in [1.29, 1.82) is 0 Å². The molecular formula is C26H27NO7S. The Labute approximate surface area is 205 Å². The zero-order valence-corrected chi connectivity index (χ0v) is 20.0. The number of rotatable bonds is 10. The maximum Gasteiger partial charge on any atom is 0.342 e. The standard InChI is InChI=1S/C26H27NO7S/c28-26(24-11-4-5-12-25(24)33-18-17-32-22-8-2-1-3-9-22)34-20-21-7-6-10-23(19-21)35(29,30)27-13-15-31-16-14-27/h1-12,19H,13-18,20H2. The summed E-state index contributed by atoms with van der Waals surface area (Å²) in [5.41, 5.74) is 0.853. The molecule has 35 heavy (non-hydrogen) atoms. The van der Waals surface area contributed by atoms with Gasteiger partial charge in [-0.25, -0.2) is 13.2 Å². The van der Waals surface area contributed by atoms with Crippen LogP contribution in [0.15, 0.2) is 83.8 Å². The van der Waals surface area contributed by atoms with Crippen LogP contribution in [-0.4, -0.2) is 58.2 Å². The Hall–Kier alpha value is -3.40. The van der Waals surface area contributed by atoms with Gasteiger partial charge in [-0.15, -0.1) is 0 Å². The molecule has 1 fully saturated rings. The number of carbonyl (C=O) groups excluding carboxylic acids is 1. The lowest BCUT2D eigenvalue weighted by Crippen LogP contribution is -2.40. The molecule has 4 rings (SSSR count).